The van der Waals surface area contributed by atoms with Gasteiger partial charge in [-0.3, -0.25) is 9.48 Å². The van der Waals surface area contributed by atoms with Crippen LogP contribution in [0.5, 0.6) is 0 Å². The van der Waals surface area contributed by atoms with E-state index in [1.54, 1.807) is 16.9 Å². The van der Waals surface area contributed by atoms with Gasteiger partial charge in [0.25, 0.3) is 5.91 Å². The van der Waals surface area contributed by atoms with Crippen molar-refractivity contribution in [2.75, 3.05) is 0 Å². The zero-order valence-corrected chi connectivity index (χ0v) is 12.5. The van der Waals surface area contributed by atoms with Crippen molar-refractivity contribution < 1.29 is 9.21 Å². The summed E-state index contributed by atoms with van der Waals surface area (Å²) in [6.45, 7) is 4.17. The molecular formula is C13H19ClN4O2. The molecule has 3 N–H and O–H groups in total. The zero-order chi connectivity index (χ0) is 14.0. The van der Waals surface area contributed by atoms with Gasteiger partial charge in [-0.15, -0.1) is 12.4 Å². The molecule has 2 aromatic rings. The smallest absolute Gasteiger partial charge is 0.255 e. The summed E-state index contributed by atoms with van der Waals surface area (Å²) < 4.78 is 6.93. The lowest BCUT2D eigenvalue weighted by atomic mass is 10.1. The van der Waals surface area contributed by atoms with Gasteiger partial charge in [-0.1, -0.05) is 0 Å². The molecule has 2 aromatic heterocycles. The Morgan fingerprint density at radius 3 is 2.80 bits per heavy atom. The molecule has 0 fully saturated rings. The van der Waals surface area contributed by atoms with Crippen molar-refractivity contribution in [1.82, 2.24) is 15.1 Å². The number of nitrogens with zero attached hydrogens (tertiary/aromatic N) is 2. The van der Waals surface area contributed by atoms with Crippen LogP contribution in [-0.4, -0.2) is 15.7 Å². The van der Waals surface area contributed by atoms with Gasteiger partial charge in [0, 0.05) is 18.3 Å². The summed E-state index contributed by atoms with van der Waals surface area (Å²) in [5, 5.41) is 7.08. The minimum absolute atomic E-state index is 0. The molecule has 0 aliphatic rings. The molecule has 0 saturated heterocycles. The lowest BCUT2D eigenvalue weighted by Crippen LogP contribution is -2.26. The maximum atomic E-state index is 12.0. The van der Waals surface area contributed by atoms with Gasteiger partial charge >= 0.3 is 0 Å². The fourth-order valence-electron chi connectivity index (χ4n) is 1.91. The molecule has 1 atom stereocenters. The highest BCUT2D eigenvalue weighted by molar-refractivity contribution is 5.94. The maximum Gasteiger partial charge on any atom is 0.255 e. The van der Waals surface area contributed by atoms with Gasteiger partial charge in [-0.25, -0.2) is 0 Å². The Morgan fingerprint density at radius 2 is 2.30 bits per heavy atom. The molecule has 110 valence electrons. The van der Waals surface area contributed by atoms with E-state index in [-0.39, 0.29) is 30.9 Å². The molecule has 6 nitrogen and oxygen atoms in total. The second kappa shape index (κ2) is 6.58. The first-order valence-corrected chi connectivity index (χ1v) is 6.09. The molecule has 0 bridgehead atoms. The Morgan fingerprint density at radius 1 is 1.60 bits per heavy atom. The number of furan rings is 1. The number of hydrogen-bond acceptors (Lipinski definition) is 4. The fraction of sp³-hybridized carbons (Fsp3) is 0.385. The Kier molecular flexibility index (Phi) is 5.35. The molecular weight excluding hydrogens is 280 g/mol. The number of rotatable bonds is 4. The standard InChI is InChI=1S/C13H18N4O2.ClH/c1-8(12-6-15-17(3)9(12)2)16-13(18)10-4-11(5-14)19-7-10;/h4,6-8H,5,14H2,1-3H3,(H,16,18);1H. The monoisotopic (exact) mass is 298 g/mol. The van der Waals surface area contributed by atoms with Crippen LogP contribution in [0.2, 0.25) is 0 Å². The average Bonchev–Trinajstić information content (AvgIpc) is 2.98. The normalized spacial score (nSPS) is 11.8. The first-order valence-electron chi connectivity index (χ1n) is 6.09. The number of nitrogens with two attached hydrogens (primary N) is 1. The number of aromatic nitrogens is 2. The van der Waals surface area contributed by atoms with Crippen LogP contribution in [0.3, 0.4) is 0 Å². The van der Waals surface area contributed by atoms with Gasteiger partial charge in [-0.2, -0.15) is 5.10 Å². The van der Waals surface area contributed by atoms with Crippen LogP contribution < -0.4 is 11.1 Å². The van der Waals surface area contributed by atoms with Gasteiger partial charge in [0.2, 0.25) is 0 Å². The van der Waals surface area contributed by atoms with Gasteiger partial charge in [0.15, 0.2) is 0 Å². The largest absolute Gasteiger partial charge is 0.467 e. The fourth-order valence-corrected chi connectivity index (χ4v) is 1.91. The predicted octanol–water partition coefficient (Wildman–Crippen LogP) is 1.69. The molecule has 0 aliphatic heterocycles. The Labute approximate surface area is 123 Å². The highest BCUT2D eigenvalue weighted by Crippen LogP contribution is 2.17. The van der Waals surface area contributed by atoms with Crippen LogP contribution in [0, 0.1) is 6.92 Å². The topological polar surface area (TPSA) is 86.1 Å². The summed E-state index contributed by atoms with van der Waals surface area (Å²) in [7, 11) is 1.87. The average molecular weight is 299 g/mol. The SMILES string of the molecule is Cc1c(C(C)NC(=O)c2coc(CN)c2)cnn1C.Cl. The van der Waals surface area contributed by atoms with E-state index in [1.165, 1.54) is 6.26 Å². The molecule has 1 unspecified atom stereocenters. The van der Waals surface area contributed by atoms with Gasteiger partial charge in [0.05, 0.1) is 24.3 Å². The highest BCUT2D eigenvalue weighted by Gasteiger charge is 2.16. The van der Waals surface area contributed by atoms with E-state index in [4.69, 9.17) is 10.2 Å². The van der Waals surface area contributed by atoms with Crippen LogP contribution in [0.15, 0.2) is 22.9 Å². The molecule has 20 heavy (non-hydrogen) atoms. The Bertz CT molecular complexity index is 591. The van der Waals surface area contributed by atoms with Crippen molar-refractivity contribution in [2.24, 2.45) is 12.8 Å². The molecule has 2 rings (SSSR count). The third kappa shape index (κ3) is 3.20. The summed E-state index contributed by atoms with van der Waals surface area (Å²) in [4.78, 5) is 12.0. The van der Waals surface area contributed by atoms with Crippen LogP contribution >= 0.6 is 12.4 Å². The lowest BCUT2D eigenvalue weighted by Gasteiger charge is -2.12. The highest BCUT2D eigenvalue weighted by atomic mass is 35.5. The molecule has 0 aromatic carbocycles. The number of amides is 1. The summed E-state index contributed by atoms with van der Waals surface area (Å²) >= 11 is 0. The van der Waals surface area contributed by atoms with Gasteiger partial charge in [0.1, 0.15) is 12.0 Å². The second-order valence-corrected chi connectivity index (χ2v) is 4.51. The maximum absolute atomic E-state index is 12.0. The number of halogens is 1. The van der Waals surface area contributed by atoms with E-state index in [0.29, 0.717) is 11.3 Å². The zero-order valence-electron chi connectivity index (χ0n) is 11.7. The van der Waals surface area contributed by atoms with Crippen LogP contribution in [0.25, 0.3) is 0 Å². The van der Waals surface area contributed by atoms with E-state index in [0.717, 1.165) is 11.3 Å². The quantitative estimate of drug-likeness (QED) is 0.899. The second-order valence-electron chi connectivity index (χ2n) is 4.51. The molecule has 0 radical (unpaired) electrons. The summed E-state index contributed by atoms with van der Waals surface area (Å²) in [5.74, 6) is 0.412. The lowest BCUT2D eigenvalue weighted by molar-refractivity contribution is 0.0939. The Balaban J connectivity index is 0.00000200. The van der Waals surface area contributed by atoms with Crippen molar-refractivity contribution in [1.29, 1.82) is 0 Å². The summed E-state index contributed by atoms with van der Waals surface area (Å²) in [6.07, 6.45) is 3.18. The van der Waals surface area contributed by atoms with Crippen LogP contribution in [0.4, 0.5) is 0 Å². The van der Waals surface area contributed by atoms with Crippen LogP contribution in [-0.2, 0) is 13.6 Å². The van der Waals surface area contributed by atoms with Crippen molar-refractivity contribution in [3.8, 4) is 0 Å². The van der Waals surface area contributed by atoms with Crippen molar-refractivity contribution >= 4 is 18.3 Å². The number of carbonyl (C=O) groups is 1. The summed E-state index contributed by atoms with van der Waals surface area (Å²) in [6, 6.07) is 1.54. The van der Waals surface area contributed by atoms with Gasteiger partial charge < -0.3 is 15.5 Å². The van der Waals surface area contributed by atoms with E-state index in [2.05, 4.69) is 10.4 Å². The summed E-state index contributed by atoms with van der Waals surface area (Å²) in [5.41, 5.74) is 7.95. The predicted molar refractivity (Wildman–Crippen MR) is 77.7 cm³/mol. The van der Waals surface area contributed by atoms with E-state index >= 15 is 0 Å². The third-order valence-corrected chi connectivity index (χ3v) is 3.20. The molecule has 2 heterocycles. The third-order valence-electron chi connectivity index (χ3n) is 3.20. The van der Waals surface area contributed by atoms with E-state index < -0.39 is 0 Å². The first kappa shape index (κ1) is 16.3. The number of hydrogen-bond donors (Lipinski definition) is 2. The first-order chi connectivity index (χ1) is 9.02. The minimum atomic E-state index is -0.181. The molecule has 1 amide bonds. The molecule has 0 spiro atoms. The van der Waals surface area contributed by atoms with Crippen LogP contribution in [0.1, 0.15) is 40.3 Å². The van der Waals surface area contributed by atoms with Crippen molar-refractivity contribution in [3.63, 3.8) is 0 Å². The van der Waals surface area contributed by atoms with E-state index in [9.17, 15) is 4.79 Å². The van der Waals surface area contributed by atoms with Crippen molar-refractivity contribution in [3.05, 3.63) is 41.1 Å². The van der Waals surface area contributed by atoms with Gasteiger partial charge in [-0.05, 0) is 19.9 Å². The van der Waals surface area contributed by atoms with E-state index in [1.807, 2.05) is 20.9 Å². The molecule has 0 saturated carbocycles. The number of carbonyl (C=O) groups excluding carboxylic acids is 1. The Hall–Kier alpha value is -1.79. The minimum Gasteiger partial charge on any atom is -0.467 e. The number of nitrogens with one attached hydrogen (secondary N) is 1. The van der Waals surface area contributed by atoms with Crippen molar-refractivity contribution in [2.45, 2.75) is 26.4 Å². The molecule has 0 aliphatic carbocycles. The number of aryl methyl sites for hydroxylation is 1. The molecule has 7 heteroatoms.